The van der Waals surface area contributed by atoms with E-state index in [-0.39, 0.29) is 11.8 Å². The normalized spacial score (nSPS) is 16.6. The molecule has 0 unspecified atom stereocenters. The van der Waals surface area contributed by atoms with Crippen LogP contribution in [0.3, 0.4) is 0 Å². The average molecular weight is 277 g/mol. The Bertz CT molecular complexity index is 984. The van der Waals surface area contributed by atoms with E-state index in [1.54, 1.807) is 6.20 Å². The molecule has 1 aromatic carbocycles. The molecular formula is C16H11N3O2. The standard InChI is InChI=1S/C16H11N3O2/c20-15-11-7-3-1-4-8(7)13-10(12(11)16(21)19-15)9-5-2-6-17-14(9)18-13/h2,5-6H,1,3-4H2,(H,17,18)(H,19,20,21). The largest absolute Gasteiger partial charge is 0.339 e. The van der Waals surface area contributed by atoms with Crippen molar-refractivity contribution in [3.8, 4) is 0 Å². The molecule has 2 N–H and O–H groups in total. The van der Waals surface area contributed by atoms with Crippen molar-refractivity contribution in [2.75, 3.05) is 0 Å². The SMILES string of the molecule is O=C1NC(=O)c2c1c1c(c3[nH]c4ncccc4c23)CCC1. The molecule has 0 atom stereocenters. The number of aryl methyl sites for hydroxylation is 1. The smallest absolute Gasteiger partial charge is 0.259 e. The number of hydrogen-bond acceptors (Lipinski definition) is 3. The second-order valence-electron chi connectivity index (χ2n) is 5.62. The summed E-state index contributed by atoms with van der Waals surface area (Å²) in [6, 6.07) is 3.79. The predicted octanol–water partition coefficient (Wildman–Crippen LogP) is 2.09. The van der Waals surface area contributed by atoms with Crippen LogP contribution in [0.15, 0.2) is 18.3 Å². The zero-order chi connectivity index (χ0) is 14.1. The van der Waals surface area contributed by atoms with E-state index in [9.17, 15) is 9.59 Å². The number of fused-ring (bicyclic) bond motifs is 8. The second kappa shape index (κ2) is 3.49. The minimum Gasteiger partial charge on any atom is -0.339 e. The summed E-state index contributed by atoms with van der Waals surface area (Å²) in [7, 11) is 0. The molecule has 5 heteroatoms. The number of amides is 2. The lowest BCUT2D eigenvalue weighted by atomic mass is 9.94. The van der Waals surface area contributed by atoms with Crippen molar-refractivity contribution >= 4 is 33.8 Å². The molecule has 21 heavy (non-hydrogen) atoms. The number of benzene rings is 1. The fourth-order valence-electron chi connectivity index (χ4n) is 3.79. The van der Waals surface area contributed by atoms with E-state index in [4.69, 9.17) is 0 Å². The highest BCUT2D eigenvalue weighted by molar-refractivity contribution is 6.31. The highest BCUT2D eigenvalue weighted by Gasteiger charge is 2.36. The number of pyridine rings is 1. The lowest BCUT2D eigenvalue weighted by Gasteiger charge is -2.07. The van der Waals surface area contributed by atoms with Crippen LogP contribution >= 0.6 is 0 Å². The summed E-state index contributed by atoms with van der Waals surface area (Å²) in [6.45, 7) is 0. The summed E-state index contributed by atoms with van der Waals surface area (Å²) in [5, 5.41) is 4.20. The lowest BCUT2D eigenvalue weighted by Crippen LogP contribution is -2.20. The summed E-state index contributed by atoms with van der Waals surface area (Å²) >= 11 is 0. The molecule has 0 radical (unpaired) electrons. The van der Waals surface area contributed by atoms with Crippen molar-refractivity contribution in [3.63, 3.8) is 0 Å². The van der Waals surface area contributed by atoms with Gasteiger partial charge in [0.1, 0.15) is 5.65 Å². The van der Waals surface area contributed by atoms with Gasteiger partial charge in [0.2, 0.25) is 0 Å². The molecular weight excluding hydrogens is 266 g/mol. The first-order valence-corrected chi connectivity index (χ1v) is 7.05. The number of imide groups is 1. The molecule has 3 aromatic rings. The van der Waals surface area contributed by atoms with Gasteiger partial charge in [0.15, 0.2) is 0 Å². The number of H-pyrrole nitrogens is 1. The van der Waals surface area contributed by atoms with Gasteiger partial charge in [0.05, 0.1) is 16.6 Å². The Morgan fingerprint density at radius 3 is 2.76 bits per heavy atom. The van der Waals surface area contributed by atoms with Crippen LogP contribution in [0.2, 0.25) is 0 Å². The summed E-state index contributed by atoms with van der Waals surface area (Å²) in [4.78, 5) is 32.1. The van der Waals surface area contributed by atoms with Gasteiger partial charge in [0.25, 0.3) is 11.8 Å². The van der Waals surface area contributed by atoms with Crippen LogP contribution < -0.4 is 5.32 Å². The van der Waals surface area contributed by atoms with Gasteiger partial charge in [0, 0.05) is 17.0 Å². The Hall–Kier alpha value is -2.69. The first-order chi connectivity index (χ1) is 10.3. The van der Waals surface area contributed by atoms with Crippen LogP contribution in [0.1, 0.15) is 38.3 Å². The van der Waals surface area contributed by atoms with Gasteiger partial charge >= 0.3 is 0 Å². The van der Waals surface area contributed by atoms with Crippen LogP contribution in [-0.4, -0.2) is 21.8 Å². The fourth-order valence-corrected chi connectivity index (χ4v) is 3.79. The summed E-state index contributed by atoms with van der Waals surface area (Å²) in [5.74, 6) is -0.548. The van der Waals surface area contributed by atoms with Crippen molar-refractivity contribution in [1.82, 2.24) is 15.3 Å². The van der Waals surface area contributed by atoms with E-state index in [2.05, 4.69) is 15.3 Å². The molecule has 5 rings (SSSR count). The van der Waals surface area contributed by atoms with Crippen molar-refractivity contribution in [3.05, 3.63) is 40.6 Å². The minimum absolute atomic E-state index is 0.256. The molecule has 102 valence electrons. The van der Waals surface area contributed by atoms with Crippen LogP contribution in [0.25, 0.3) is 21.9 Å². The van der Waals surface area contributed by atoms with Gasteiger partial charge in [-0.2, -0.15) is 0 Å². The third kappa shape index (κ3) is 1.19. The summed E-state index contributed by atoms with van der Waals surface area (Å²) in [6.07, 6.45) is 4.54. The topological polar surface area (TPSA) is 74.8 Å². The van der Waals surface area contributed by atoms with Gasteiger partial charge in [-0.15, -0.1) is 0 Å². The maximum atomic E-state index is 12.3. The van der Waals surface area contributed by atoms with Gasteiger partial charge in [-0.3, -0.25) is 14.9 Å². The third-order valence-electron chi connectivity index (χ3n) is 4.57. The molecule has 1 aliphatic carbocycles. The molecule has 0 saturated carbocycles. The van der Waals surface area contributed by atoms with Crippen LogP contribution in [0.5, 0.6) is 0 Å². The second-order valence-corrected chi connectivity index (χ2v) is 5.62. The van der Waals surface area contributed by atoms with E-state index in [1.807, 2.05) is 12.1 Å². The first-order valence-electron chi connectivity index (χ1n) is 7.05. The molecule has 1 aliphatic heterocycles. The van der Waals surface area contributed by atoms with Crippen molar-refractivity contribution in [1.29, 1.82) is 0 Å². The zero-order valence-electron chi connectivity index (χ0n) is 11.1. The maximum absolute atomic E-state index is 12.3. The number of rotatable bonds is 0. The van der Waals surface area contributed by atoms with Crippen molar-refractivity contribution in [2.45, 2.75) is 19.3 Å². The summed E-state index contributed by atoms with van der Waals surface area (Å²) in [5.41, 5.74) is 5.06. The lowest BCUT2D eigenvalue weighted by molar-refractivity contribution is 0.0880. The first kappa shape index (κ1) is 11.0. The zero-order valence-corrected chi connectivity index (χ0v) is 11.1. The Morgan fingerprint density at radius 2 is 1.86 bits per heavy atom. The molecule has 0 bridgehead atoms. The van der Waals surface area contributed by atoms with E-state index in [1.165, 1.54) is 5.56 Å². The number of aromatic nitrogens is 2. The van der Waals surface area contributed by atoms with Gasteiger partial charge in [-0.1, -0.05) is 0 Å². The molecule has 2 amide bonds. The summed E-state index contributed by atoms with van der Waals surface area (Å²) < 4.78 is 0. The van der Waals surface area contributed by atoms with Crippen molar-refractivity contribution in [2.24, 2.45) is 0 Å². The van der Waals surface area contributed by atoms with Crippen LogP contribution in [0.4, 0.5) is 0 Å². The quantitative estimate of drug-likeness (QED) is 0.618. The highest BCUT2D eigenvalue weighted by Crippen LogP contribution is 2.40. The molecule has 5 nitrogen and oxygen atoms in total. The fraction of sp³-hybridized carbons (Fsp3) is 0.188. The Morgan fingerprint density at radius 1 is 1.05 bits per heavy atom. The molecule has 0 saturated heterocycles. The number of carbonyl (C=O) groups is 2. The van der Waals surface area contributed by atoms with E-state index < -0.39 is 0 Å². The highest BCUT2D eigenvalue weighted by atomic mass is 16.2. The molecule has 0 fully saturated rings. The monoisotopic (exact) mass is 277 g/mol. The van der Waals surface area contributed by atoms with Crippen molar-refractivity contribution < 1.29 is 9.59 Å². The van der Waals surface area contributed by atoms with E-state index in [0.717, 1.165) is 46.8 Å². The van der Waals surface area contributed by atoms with Crippen LogP contribution in [0, 0.1) is 0 Å². The average Bonchev–Trinajstić information content (AvgIpc) is 3.14. The van der Waals surface area contributed by atoms with E-state index in [0.29, 0.717) is 11.1 Å². The molecule has 2 aliphatic rings. The Balaban J connectivity index is 2.11. The Labute approximate surface area is 119 Å². The molecule has 2 aromatic heterocycles. The number of nitrogens with one attached hydrogen (secondary N) is 2. The Kier molecular flexibility index (Phi) is 1.83. The van der Waals surface area contributed by atoms with Gasteiger partial charge < -0.3 is 4.98 Å². The molecule has 3 heterocycles. The van der Waals surface area contributed by atoms with Gasteiger partial charge in [-0.05, 0) is 42.5 Å². The number of nitrogens with zero attached hydrogens (tertiary/aromatic N) is 1. The third-order valence-corrected chi connectivity index (χ3v) is 4.57. The number of hydrogen-bond donors (Lipinski definition) is 2. The molecule has 0 spiro atoms. The van der Waals surface area contributed by atoms with Crippen LogP contribution in [-0.2, 0) is 12.8 Å². The number of aromatic amines is 1. The van der Waals surface area contributed by atoms with Gasteiger partial charge in [-0.25, -0.2) is 4.98 Å². The minimum atomic E-state index is -0.292. The predicted molar refractivity (Wildman–Crippen MR) is 77.4 cm³/mol. The number of carbonyl (C=O) groups excluding carboxylic acids is 2. The van der Waals surface area contributed by atoms with E-state index >= 15 is 0 Å². The maximum Gasteiger partial charge on any atom is 0.259 e.